The van der Waals surface area contributed by atoms with Crippen LogP contribution < -0.4 is 31.1 Å². The second-order valence-electron chi connectivity index (χ2n) is 15.0. The summed E-state index contributed by atoms with van der Waals surface area (Å²) in [6.07, 6.45) is -2.10. The van der Waals surface area contributed by atoms with Crippen molar-refractivity contribution in [3.8, 4) is 0 Å². The summed E-state index contributed by atoms with van der Waals surface area (Å²) >= 11 is 0. The fraction of sp³-hybridized carbons (Fsp3) is 0.588. The first-order chi connectivity index (χ1) is 23.0. The summed E-state index contributed by atoms with van der Waals surface area (Å²) in [5.74, 6) is 0. The highest BCUT2D eigenvalue weighted by Gasteiger charge is 2.37. The number of carbonyl (C=O) groups is 2. The van der Waals surface area contributed by atoms with Crippen LogP contribution in [0.25, 0.3) is 0 Å². The molecule has 2 heterocycles. The molecule has 2 aliphatic rings. The van der Waals surface area contributed by atoms with Gasteiger partial charge in [0.1, 0.15) is 22.6 Å². The second-order valence-corrected chi connectivity index (χ2v) is 15.0. The molecule has 2 aromatic rings. The van der Waals surface area contributed by atoms with Crippen LogP contribution in [0.5, 0.6) is 0 Å². The van der Waals surface area contributed by atoms with Gasteiger partial charge in [-0.2, -0.15) is 4.90 Å². The Hall–Kier alpha value is -4.70. The molecule has 16 nitrogen and oxygen atoms in total. The molecular weight excluding hydrogens is 648 g/mol. The Labute approximate surface area is 293 Å². The lowest BCUT2D eigenvalue weighted by Crippen LogP contribution is -2.54. The van der Waals surface area contributed by atoms with E-state index in [0.717, 1.165) is 18.8 Å². The average molecular weight is 701 g/mol. The Bertz CT molecular complexity index is 1510. The maximum Gasteiger partial charge on any atom is 0.424 e. The predicted octanol–water partition coefficient (Wildman–Crippen LogP) is 5.82. The number of nitro groups is 2. The average Bonchev–Trinajstić information content (AvgIpc) is 2.95. The van der Waals surface area contributed by atoms with E-state index >= 15 is 0 Å². The van der Waals surface area contributed by atoms with Crippen molar-refractivity contribution in [2.45, 2.75) is 105 Å². The Morgan fingerprint density at radius 3 is 1.44 bits per heavy atom. The molecule has 2 fully saturated rings. The van der Waals surface area contributed by atoms with E-state index in [9.17, 15) is 29.8 Å². The number of anilines is 4. The SMILES string of the molecule is C[C@@H]1CN(c2ccc(N(C(=O)OC(C)(C)C)C(=O)OC(C)(C)C)c([N+](=O)[O-])c2)C[C@H](C)N1.C[C@@H]1CN(c2ccc(N)c([N+](=O)[O-])c2)C[C@H](C)N1. The molecule has 0 aliphatic carbocycles. The van der Waals surface area contributed by atoms with E-state index in [1.807, 2.05) is 24.8 Å². The number of amides is 2. The largest absolute Gasteiger partial charge is 0.443 e. The van der Waals surface area contributed by atoms with Crippen molar-refractivity contribution in [2.75, 3.05) is 46.6 Å². The topological polar surface area (TPSA) is 199 Å². The highest BCUT2D eigenvalue weighted by atomic mass is 16.6. The molecule has 4 N–H and O–H groups in total. The Balaban J connectivity index is 0.000000316. The molecule has 16 heteroatoms. The lowest BCUT2D eigenvalue weighted by atomic mass is 10.1. The van der Waals surface area contributed by atoms with Crippen LogP contribution in [0.15, 0.2) is 36.4 Å². The summed E-state index contributed by atoms with van der Waals surface area (Å²) in [5.41, 5.74) is 4.84. The third kappa shape index (κ3) is 11.2. The fourth-order valence-corrected chi connectivity index (χ4v) is 5.89. The minimum Gasteiger partial charge on any atom is -0.443 e. The number of nitrogen functional groups attached to an aromatic ring is 1. The van der Waals surface area contributed by atoms with Gasteiger partial charge < -0.3 is 35.6 Å². The molecule has 2 aromatic carbocycles. The van der Waals surface area contributed by atoms with Gasteiger partial charge in [0.25, 0.3) is 11.4 Å². The molecule has 0 spiro atoms. The number of imide groups is 1. The van der Waals surface area contributed by atoms with Gasteiger partial charge in [0.2, 0.25) is 0 Å². The van der Waals surface area contributed by atoms with Gasteiger partial charge in [0, 0.05) is 73.9 Å². The molecule has 0 unspecified atom stereocenters. The van der Waals surface area contributed by atoms with E-state index in [0.29, 0.717) is 35.8 Å². The van der Waals surface area contributed by atoms with E-state index < -0.39 is 38.9 Å². The van der Waals surface area contributed by atoms with E-state index in [1.54, 1.807) is 59.7 Å². The van der Waals surface area contributed by atoms with Crippen molar-refractivity contribution < 1.29 is 28.9 Å². The predicted molar refractivity (Wildman–Crippen MR) is 194 cm³/mol. The highest BCUT2D eigenvalue weighted by molar-refractivity contribution is 6.11. The van der Waals surface area contributed by atoms with Crippen LogP contribution in [-0.4, -0.2) is 83.6 Å². The van der Waals surface area contributed by atoms with Gasteiger partial charge in [0.15, 0.2) is 0 Å². The summed E-state index contributed by atoms with van der Waals surface area (Å²) in [4.78, 5) is 52.3. The van der Waals surface area contributed by atoms with Crippen molar-refractivity contribution >= 4 is 46.3 Å². The number of nitro benzene ring substituents is 2. The van der Waals surface area contributed by atoms with Crippen LogP contribution in [0.1, 0.15) is 69.2 Å². The van der Waals surface area contributed by atoms with Crippen LogP contribution in [0.3, 0.4) is 0 Å². The number of carbonyl (C=O) groups excluding carboxylic acids is 2. The van der Waals surface area contributed by atoms with Crippen molar-refractivity contribution in [3.05, 3.63) is 56.6 Å². The summed E-state index contributed by atoms with van der Waals surface area (Å²) in [7, 11) is 0. The van der Waals surface area contributed by atoms with Crippen LogP contribution in [0.4, 0.5) is 43.7 Å². The van der Waals surface area contributed by atoms with Gasteiger partial charge in [-0.05, 0) is 93.5 Å². The first-order valence-electron chi connectivity index (χ1n) is 16.6. The third-order valence-corrected chi connectivity index (χ3v) is 7.60. The monoisotopic (exact) mass is 700 g/mol. The highest BCUT2D eigenvalue weighted by Crippen LogP contribution is 2.35. The standard InChI is InChI=1S/C22H34N4O6.C12H18N4O2/c1-14-12-24(13-15(2)23-14)16-9-10-17(18(11-16)26(29)30)25(19(27)31-21(3,4)5)20(28)32-22(6,7)8;1-8-6-15(7-9(2)14-8)10-3-4-11(13)12(5-10)16(17)18/h9-11,14-15,23H,12-13H2,1-8H3;3-5,8-9,14H,6-7,13H2,1-2H3/t14-,15+;8-,9+. The van der Waals surface area contributed by atoms with Crippen molar-refractivity contribution in [1.82, 2.24) is 10.6 Å². The summed E-state index contributed by atoms with van der Waals surface area (Å²) < 4.78 is 10.7. The van der Waals surface area contributed by atoms with E-state index in [-0.39, 0.29) is 29.1 Å². The van der Waals surface area contributed by atoms with Crippen LogP contribution in [0.2, 0.25) is 0 Å². The Morgan fingerprint density at radius 2 is 1.08 bits per heavy atom. The van der Waals surface area contributed by atoms with Gasteiger partial charge in [-0.3, -0.25) is 20.2 Å². The summed E-state index contributed by atoms with van der Waals surface area (Å²) in [6, 6.07) is 10.6. The normalized spacial score (nSPS) is 21.0. The Morgan fingerprint density at radius 1 is 0.720 bits per heavy atom. The van der Waals surface area contributed by atoms with Gasteiger partial charge >= 0.3 is 12.2 Å². The fourth-order valence-electron chi connectivity index (χ4n) is 5.89. The summed E-state index contributed by atoms with van der Waals surface area (Å²) in [5, 5.41) is 29.7. The van der Waals surface area contributed by atoms with Gasteiger partial charge in [-0.1, -0.05) is 0 Å². The number of benzene rings is 2. The molecule has 0 saturated carbocycles. The molecule has 0 radical (unpaired) electrons. The number of nitrogens with zero attached hydrogens (tertiary/aromatic N) is 5. The van der Waals surface area contributed by atoms with Crippen molar-refractivity contribution in [1.29, 1.82) is 0 Å². The zero-order valence-electron chi connectivity index (χ0n) is 30.7. The number of hydrogen-bond acceptors (Lipinski definition) is 13. The van der Waals surface area contributed by atoms with Crippen LogP contribution >= 0.6 is 0 Å². The number of nitrogens with one attached hydrogen (secondary N) is 2. The minimum absolute atomic E-state index is 0.0219. The van der Waals surface area contributed by atoms with E-state index in [4.69, 9.17) is 15.2 Å². The van der Waals surface area contributed by atoms with Gasteiger partial charge in [0.05, 0.1) is 9.85 Å². The van der Waals surface area contributed by atoms with E-state index in [2.05, 4.69) is 29.4 Å². The van der Waals surface area contributed by atoms with Crippen LogP contribution in [0, 0.1) is 20.2 Å². The van der Waals surface area contributed by atoms with E-state index in [1.165, 1.54) is 12.1 Å². The molecule has 50 heavy (non-hydrogen) atoms. The zero-order chi connectivity index (χ0) is 37.7. The maximum absolute atomic E-state index is 12.9. The summed E-state index contributed by atoms with van der Waals surface area (Å²) in [6.45, 7) is 21.2. The molecule has 0 aromatic heterocycles. The number of rotatable bonds is 5. The molecule has 2 saturated heterocycles. The number of hydrogen-bond donors (Lipinski definition) is 3. The first-order valence-corrected chi connectivity index (χ1v) is 16.6. The second kappa shape index (κ2) is 15.9. The number of nitrogens with two attached hydrogens (primary N) is 1. The smallest absolute Gasteiger partial charge is 0.424 e. The third-order valence-electron chi connectivity index (χ3n) is 7.60. The Kier molecular flexibility index (Phi) is 12.6. The molecule has 0 bridgehead atoms. The van der Waals surface area contributed by atoms with Crippen LogP contribution in [-0.2, 0) is 9.47 Å². The van der Waals surface area contributed by atoms with Gasteiger partial charge in [-0.15, -0.1) is 0 Å². The lowest BCUT2D eigenvalue weighted by Gasteiger charge is -2.37. The zero-order valence-corrected chi connectivity index (χ0v) is 30.7. The number of ether oxygens (including phenoxy) is 2. The first kappa shape index (κ1) is 39.7. The molecule has 276 valence electrons. The molecule has 4 atom stereocenters. The molecule has 2 amide bonds. The molecular formula is C34H52N8O8. The lowest BCUT2D eigenvalue weighted by molar-refractivity contribution is -0.384. The van der Waals surface area contributed by atoms with Gasteiger partial charge in [-0.25, -0.2) is 9.59 Å². The maximum atomic E-state index is 12.9. The minimum atomic E-state index is -1.05. The van der Waals surface area contributed by atoms with Crippen molar-refractivity contribution in [2.24, 2.45) is 0 Å². The molecule has 2 aliphatic heterocycles. The molecule has 4 rings (SSSR count). The van der Waals surface area contributed by atoms with Crippen molar-refractivity contribution in [3.63, 3.8) is 0 Å². The quantitative estimate of drug-likeness (QED) is 0.192. The number of piperazine rings is 2.